The van der Waals surface area contributed by atoms with Gasteiger partial charge in [0, 0.05) is 25.7 Å². The third-order valence-electron chi connectivity index (χ3n) is 3.57. The molecule has 7 heteroatoms. The molecule has 1 aliphatic carbocycles. The Labute approximate surface area is 111 Å². The van der Waals surface area contributed by atoms with Crippen LogP contribution in [-0.2, 0) is 6.54 Å². The van der Waals surface area contributed by atoms with Crippen molar-refractivity contribution in [3.05, 3.63) is 11.9 Å². The highest BCUT2D eigenvalue weighted by Crippen LogP contribution is 2.24. The van der Waals surface area contributed by atoms with Gasteiger partial charge in [-0.3, -0.25) is 9.58 Å². The van der Waals surface area contributed by atoms with Gasteiger partial charge in [0.15, 0.2) is 5.69 Å². The zero-order valence-corrected chi connectivity index (χ0v) is 10.9. The summed E-state index contributed by atoms with van der Waals surface area (Å²) in [6.07, 6.45) is 5.92. The van der Waals surface area contributed by atoms with Crippen LogP contribution in [0.2, 0.25) is 0 Å². The molecule has 106 valence electrons. The molecule has 0 radical (unpaired) electrons. The SMILES string of the molecule is O=C(O)c1cn(CCN(CCCO)C2CCC2)nn1. The monoisotopic (exact) mass is 268 g/mol. The van der Waals surface area contributed by atoms with Gasteiger partial charge < -0.3 is 10.2 Å². The van der Waals surface area contributed by atoms with Crippen LogP contribution in [0.15, 0.2) is 6.20 Å². The highest BCUT2D eigenvalue weighted by atomic mass is 16.4. The number of aliphatic hydroxyl groups excluding tert-OH is 1. The summed E-state index contributed by atoms with van der Waals surface area (Å²) >= 11 is 0. The van der Waals surface area contributed by atoms with Crippen molar-refractivity contribution in [3.8, 4) is 0 Å². The molecule has 19 heavy (non-hydrogen) atoms. The van der Waals surface area contributed by atoms with Crippen LogP contribution in [0.25, 0.3) is 0 Å². The van der Waals surface area contributed by atoms with Crippen LogP contribution in [0.4, 0.5) is 0 Å². The third-order valence-corrected chi connectivity index (χ3v) is 3.57. The summed E-state index contributed by atoms with van der Waals surface area (Å²) in [6, 6.07) is 0.606. The molecule has 1 aromatic heterocycles. The van der Waals surface area contributed by atoms with E-state index in [0.717, 1.165) is 19.5 Å². The Morgan fingerprint density at radius 3 is 2.79 bits per heavy atom. The molecular weight excluding hydrogens is 248 g/mol. The van der Waals surface area contributed by atoms with Crippen molar-refractivity contribution in [3.63, 3.8) is 0 Å². The van der Waals surface area contributed by atoms with E-state index >= 15 is 0 Å². The van der Waals surface area contributed by atoms with Gasteiger partial charge in [-0.25, -0.2) is 4.79 Å². The lowest BCUT2D eigenvalue weighted by molar-refractivity contribution is 0.0690. The summed E-state index contributed by atoms with van der Waals surface area (Å²) in [5.41, 5.74) is -0.0226. The molecule has 0 saturated heterocycles. The molecule has 1 saturated carbocycles. The van der Waals surface area contributed by atoms with E-state index in [1.807, 2.05) is 0 Å². The first-order valence-corrected chi connectivity index (χ1v) is 6.69. The van der Waals surface area contributed by atoms with Crippen LogP contribution >= 0.6 is 0 Å². The van der Waals surface area contributed by atoms with Crippen LogP contribution in [0.1, 0.15) is 36.2 Å². The summed E-state index contributed by atoms with van der Waals surface area (Å²) in [7, 11) is 0. The van der Waals surface area contributed by atoms with E-state index in [0.29, 0.717) is 12.6 Å². The van der Waals surface area contributed by atoms with Crippen LogP contribution < -0.4 is 0 Å². The summed E-state index contributed by atoms with van der Waals surface area (Å²) < 4.78 is 1.56. The second-order valence-corrected chi connectivity index (χ2v) is 4.87. The fourth-order valence-corrected chi connectivity index (χ4v) is 2.24. The van der Waals surface area contributed by atoms with Crippen molar-refractivity contribution < 1.29 is 15.0 Å². The number of aromatic carboxylic acids is 1. The highest BCUT2D eigenvalue weighted by molar-refractivity contribution is 5.84. The van der Waals surface area contributed by atoms with Gasteiger partial charge >= 0.3 is 5.97 Å². The molecule has 0 aliphatic heterocycles. The van der Waals surface area contributed by atoms with Gasteiger partial charge in [-0.1, -0.05) is 11.6 Å². The lowest BCUT2D eigenvalue weighted by Crippen LogP contribution is -2.42. The summed E-state index contributed by atoms with van der Waals surface area (Å²) in [6.45, 7) is 2.52. The van der Waals surface area contributed by atoms with Gasteiger partial charge in [0.2, 0.25) is 0 Å². The number of aromatic nitrogens is 3. The zero-order valence-electron chi connectivity index (χ0n) is 10.9. The molecule has 1 aromatic rings. The zero-order chi connectivity index (χ0) is 13.7. The number of carboxylic acids is 1. The topological polar surface area (TPSA) is 91.5 Å². The van der Waals surface area contributed by atoms with Gasteiger partial charge in [0.05, 0.1) is 12.7 Å². The van der Waals surface area contributed by atoms with Crippen molar-refractivity contribution in [1.29, 1.82) is 0 Å². The number of hydrogen-bond donors (Lipinski definition) is 2. The fraction of sp³-hybridized carbons (Fsp3) is 0.750. The van der Waals surface area contributed by atoms with Gasteiger partial charge in [-0.15, -0.1) is 5.10 Å². The maximum Gasteiger partial charge on any atom is 0.358 e. The molecule has 0 amide bonds. The molecule has 2 N–H and O–H groups in total. The quantitative estimate of drug-likeness (QED) is 0.700. The normalized spacial score (nSPS) is 15.7. The lowest BCUT2D eigenvalue weighted by atomic mass is 9.91. The van der Waals surface area contributed by atoms with Gasteiger partial charge in [-0.05, 0) is 19.3 Å². The van der Waals surface area contributed by atoms with Crippen LogP contribution in [-0.4, -0.2) is 61.8 Å². The number of rotatable bonds is 8. The summed E-state index contributed by atoms with van der Waals surface area (Å²) in [5, 5.41) is 25.1. The van der Waals surface area contributed by atoms with Crippen LogP contribution in [0.3, 0.4) is 0 Å². The molecule has 0 spiro atoms. The maximum atomic E-state index is 10.7. The Morgan fingerprint density at radius 2 is 2.26 bits per heavy atom. The third kappa shape index (κ3) is 3.74. The first-order chi connectivity index (χ1) is 9.20. The Morgan fingerprint density at radius 1 is 1.47 bits per heavy atom. The number of hydrogen-bond acceptors (Lipinski definition) is 5. The van der Waals surface area contributed by atoms with Crippen LogP contribution in [0, 0.1) is 0 Å². The standard InChI is InChI=1S/C12H20N4O3/c17-8-2-5-15(10-3-1-4-10)6-7-16-9-11(12(18)19)13-14-16/h9-10,17H,1-8H2,(H,18,19). The first-order valence-electron chi connectivity index (χ1n) is 6.69. The molecule has 0 aromatic carbocycles. The summed E-state index contributed by atoms with van der Waals surface area (Å²) in [4.78, 5) is 13.1. The first kappa shape index (κ1) is 14.0. The minimum Gasteiger partial charge on any atom is -0.476 e. The predicted octanol–water partition coefficient (Wildman–Crippen LogP) is 0.213. The van der Waals surface area contributed by atoms with Crippen molar-refractivity contribution in [2.24, 2.45) is 0 Å². The average molecular weight is 268 g/mol. The average Bonchev–Trinajstić information content (AvgIpc) is 2.79. The van der Waals surface area contributed by atoms with Crippen LogP contribution in [0.5, 0.6) is 0 Å². The maximum absolute atomic E-state index is 10.7. The van der Waals surface area contributed by atoms with Gasteiger partial charge in [-0.2, -0.15) is 0 Å². The molecule has 2 rings (SSSR count). The molecule has 1 aliphatic rings. The van der Waals surface area contributed by atoms with E-state index in [1.165, 1.54) is 25.5 Å². The lowest BCUT2D eigenvalue weighted by Gasteiger charge is -2.37. The fourth-order valence-electron chi connectivity index (χ4n) is 2.24. The van der Waals surface area contributed by atoms with Crippen molar-refractivity contribution >= 4 is 5.97 Å². The van der Waals surface area contributed by atoms with E-state index < -0.39 is 5.97 Å². The minimum absolute atomic E-state index is 0.0226. The number of carbonyl (C=O) groups is 1. The molecule has 7 nitrogen and oxygen atoms in total. The van der Waals surface area contributed by atoms with E-state index in [4.69, 9.17) is 10.2 Å². The highest BCUT2D eigenvalue weighted by Gasteiger charge is 2.24. The van der Waals surface area contributed by atoms with E-state index in [-0.39, 0.29) is 12.3 Å². The molecule has 0 unspecified atom stereocenters. The van der Waals surface area contributed by atoms with Crippen molar-refractivity contribution in [2.75, 3.05) is 19.7 Å². The smallest absolute Gasteiger partial charge is 0.358 e. The second-order valence-electron chi connectivity index (χ2n) is 4.87. The largest absolute Gasteiger partial charge is 0.476 e. The van der Waals surface area contributed by atoms with Gasteiger partial charge in [0.25, 0.3) is 0 Å². The predicted molar refractivity (Wildman–Crippen MR) is 67.9 cm³/mol. The van der Waals surface area contributed by atoms with E-state index in [1.54, 1.807) is 4.68 Å². The molecule has 0 atom stereocenters. The Bertz CT molecular complexity index is 417. The number of carboxylic acid groups (broad SMARTS) is 1. The Kier molecular flexibility index (Phi) is 4.86. The summed E-state index contributed by atoms with van der Waals surface area (Å²) in [5.74, 6) is -1.05. The van der Waals surface area contributed by atoms with E-state index in [2.05, 4.69) is 15.2 Å². The van der Waals surface area contributed by atoms with Crippen molar-refractivity contribution in [2.45, 2.75) is 38.3 Å². The molecule has 1 fully saturated rings. The number of nitrogens with zero attached hydrogens (tertiary/aromatic N) is 4. The molecule has 1 heterocycles. The number of aliphatic hydroxyl groups is 1. The second kappa shape index (κ2) is 6.63. The van der Waals surface area contributed by atoms with Crippen molar-refractivity contribution in [1.82, 2.24) is 19.9 Å². The van der Waals surface area contributed by atoms with Gasteiger partial charge in [0.1, 0.15) is 0 Å². The molecule has 0 bridgehead atoms. The Hall–Kier alpha value is -1.47. The molecular formula is C12H20N4O3. The van der Waals surface area contributed by atoms with E-state index in [9.17, 15) is 4.79 Å². The Balaban J connectivity index is 1.84. The minimum atomic E-state index is -1.05.